The average molecular weight is 242 g/mol. The van der Waals surface area contributed by atoms with Crippen molar-refractivity contribution in [3.05, 3.63) is 29.1 Å². The number of hydrogen-bond donors (Lipinski definition) is 1. The smallest absolute Gasteiger partial charge is 0.339 e. The van der Waals surface area contributed by atoms with Crippen molar-refractivity contribution in [2.45, 2.75) is 26.6 Å². The van der Waals surface area contributed by atoms with Crippen molar-refractivity contribution in [3.8, 4) is 5.75 Å². The summed E-state index contributed by atoms with van der Waals surface area (Å²) in [4.78, 5) is 11.0. The summed E-state index contributed by atoms with van der Waals surface area (Å²) in [7, 11) is -1.96. The van der Waals surface area contributed by atoms with E-state index < -0.39 is 20.1 Å². The van der Waals surface area contributed by atoms with Crippen LogP contribution in [0.3, 0.4) is 0 Å². The van der Waals surface area contributed by atoms with Gasteiger partial charge in [-0.05, 0) is 38.7 Å². The highest BCUT2D eigenvalue weighted by atomic mass is 28.4. The lowest BCUT2D eigenvalue weighted by atomic mass is 10.1. The van der Waals surface area contributed by atoms with Crippen LogP contribution in [0.4, 0.5) is 4.39 Å². The van der Waals surface area contributed by atoms with Crippen LogP contribution in [-0.2, 0) is 0 Å². The lowest BCUT2D eigenvalue weighted by Crippen LogP contribution is -2.30. The van der Waals surface area contributed by atoms with Crippen LogP contribution in [0.15, 0.2) is 12.1 Å². The van der Waals surface area contributed by atoms with Gasteiger partial charge in [0.2, 0.25) is 8.32 Å². The zero-order chi connectivity index (χ0) is 12.5. The molecule has 1 aromatic carbocycles. The monoisotopic (exact) mass is 242 g/mol. The highest BCUT2D eigenvalue weighted by molar-refractivity contribution is 6.70. The van der Waals surface area contributed by atoms with Gasteiger partial charge < -0.3 is 9.53 Å². The number of rotatable bonds is 3. The minimum atomic E-state index is -1.96. The highest BCUT2D eigenvalue weighted by Crippen LogP contribution is 2.28. The third-order valence-corrected chi connectivity index (χ3v) is 2.79. The fraction of sp³-hybridized carbons (Fsp3) is 0.364. The number of benzene rings is 1. The molecule has 0 aromatic heterocycles. The van der Waals surface area contributed by atoms with E-state index in [1.807, 2.05) is 19.6 Å². The first-order valence-corrected chi connectivity index (χ1v) is 8.34. The van der Waals surface area contributed by atoms with E-state index in [1.54, 1.807) is 0 Å². The van der Waals surface area contributed by atoms with Gasteiger partial charge in [-0.1, -0.05) is 0 Å². The molecule has 1 rings (SSSR count). The number of aromatic carboxylic acids is 1. The summed E-state index contributed by atoms with van der Waals surface area (Å²) >= 11 is 0. The maximum absolute atomic E-state index is 13.3. The van der Waals surface area contributed by atoms with Crippen LogP contribution >= 0.6 is 0 Å². The summed E-state index contributed by atoms with van der Waals surface area (Å²) < 4.78 is 19.0. The molecule has 3 nitrogen and oxygen atoms in total. The maximum atomic E-state index is 13.3. The quantitative estimate of drug-likeness (QED) is 0.829. The van der Waals surface area contributed by atoms with Crippen molar-refractivity contribution in [1.82, 2.24) is 0 Å². The first-order chi connectivity index (χ1) is 7.22. The number of carboxylic acids is 1. The van der Waals surface area contributed by atoms with Gasteiger partial charge >= 0.3 is 5.97 Å². The Morgan fingerprint density at radius 3 is 2.38 bits per heavy atom. The topological polar surface area (TPSA) is 46.5 Å². The number of hydrogen-bond acceptors (Lipinski definition) is 2. The minimum Gasteiger partial charge on any atom is -0.543 e. The SMILES string of the molecule is Cc1c(F)ccc(C(=O)O)c1O[Si](C)(C)C. The van der Waals surface area contributed by atoms with Crippen LogP contribution in [-0.4, -0.2) is 19.4 Å². The van der Waals surface area contributed by atoms with Crippen LogP contribution in [0, 0.1) is 12.7 Å². The number of carboxylic acid groups (broad SMARTS) is 1. The molecule has 0 saturated carbocycles. The second-order valence-electron chi connectivity index (χ2n) is 4.57. The molecule has 0 aliphatic heterocycles. The third kappa shape index (κ3) is 2.82. The van der Waals surface area contributed by atoms with Crippen molar-refractivity contribution >= 4 is 14.3 Å². The van der Waals surface area contributed by atoms with Crippen molar-refractivity contribution in [2.24, 2.45) is 0 Å². The van der Waals surface area contributed by atoms with Crippen LogP contribution in [0.2, 0.25) is 19.6 Å². The first kappa shape index (κ1) is 12.7. The van der Waals surface area contributed by atoms with E-state index in [2.05, 4.69) is 0 Å². The summed E-state index contributed by atoms with van der Waals surface area (Å²) in [6.07, 6.45) is 0. The molecule has 0 bridgehead atoms. The molecule has 0 atom stereocenters. The molecule has 88 valence electrons. The summed E-state index contributed by atoms with van der Waals surface area (Å²) in [6, 6.07) is 2.38. The van der Waals surface area contributed by atoms with Crippen LogP contribution in [0.25, 0.3) is 0 Å². The minimum absolute atomic E-state index is 0.0151. The Labute approximate surface area is 95.0 Å². The first-order valence-electron chi connectivity index (χ1n) is 4.94. The predicted molar refractivity (Wildman–Crippen MR) is 62.1 cm³/mol. The molecule has 0 amide bonds. The molecular formula is C11H15FO3Si. The standard InChI is InChI=1S/C11H15FO3Si/c1-7-9(12)6-5-8(11(13)14)10(7)15-16(2,3)4/h5-6H,1-4H3,(H,13,14). The van der Waals surface area contributed by atoms with Crippen LogP contribution < -0.4 is 4.43 Å². The van der Waals surface area contributed by atoms with E-state index >= 15 is 0 Å². The van der Waals surface area contributed by atoms with Crippen molar-refractivity contribution in [1.29, 1.82) is 0 Å². The molecule has 0 fully saturated rings. The van der Waals surface area contributed by atoms with Gasteiger partial charge in [0, 0.05) is 5.56 Å². The third-order valence-electron chi connectivity index (χ3n) is 1.98. The second-order valence-corrected chi connectivity index (χ2v) is 9.00. The molecule has 0 radical (unpaired) electrons. The van der Waals surface area contributed by atoms with Crippen molar-refractivity contribution in [2.75, 3.05) is 0 Å². The van der Waals surface area contributed by atoms with Crippen molar-refractivity contribution < 1.29 is 18.7 Å². The Hall–Kier alpha value is -1.36. The summed E-state index contributed by atoms with van der Waals surface area (Å²) in [5, 5.41) is 8.99. The van der Waals surface area contributed by atoms with Crippen LogP contribution in [0.1, 0.15) is 15.9 Å². The van der Waals surface area contributed by atoms with E-state index in [9.17, 15) is 9.18 Å². The second kappa shape index (κ2) is 4.25. The molecule has 0 aliphatic carbocycles. The Balaban J connectivity index is 3.32. The fourth-order valence-corrected chi connectivity index (χ4v) is 2.15. The summed E-state index contributed by atoms with van der Waals surface area (Å²) in [5.74, 6) is -1.39. The van der Waals surface area contributed by atoms with Gasteiger partial charge in [-0.3, -0.25) is 0 Å². The van der Waals surface area contributed by atoms with E-state index in [0.29, 0.717) is 0 Å². The Bertz CT molecular complexity index is 424. The Morgan fingerprint density at radius 2 is 1.94 bits per heavy atom. The molecule has 5 heteroatoms. The van der Waals surface area contributed by atoms with Gasteiger partial charge in [-0.2, -0.15) is 0 Å². The predicted octanol–water partition coefficient (Wildman–Crippen LogP) is 3.05. The normalized spacial score (nSPS) is 11.3. The Morgan fingerprint density at radius 1 is 1.38 bits per heavy atom. The molecule has 0 aliphatic rings. The van der Waals surface area contributed by atoms with Gasteiger partial charge in [0.05, 0.1) is 0 Å². The van der Waals surface area contributed by atoms with Gasteiger partial charge in [-0.25, -0.2) is 9.18 Å². The highest BCUT2D eigenvalue weighted by Gasteiger charge is 2.23. The largest absolute Gasteiger partial charge is 0.543 e. The number of carbonyl (C=O) groups is 1. The molecule has 16 heavy (non-hydrogen) atoms. The molecule has 1 aromatic rings. The molecule has 0 unspecified atom stereocenters. The zero-order valence-electron chi connectivity index (χ0n) is 9.80. The molecule has 1 N–H and O–H groups in total. The van der Waals surface area contributed by atoms with Gasteiger partial charge in [0.1, 0.15) is 17.1 Å². The lowest BCUT2D eigenvalue weighted by Gasteiger charge is -2.22. The van der Waals surface area contributed by atoms with E-state index in [4.69, 9.17) is 9.53 Å². The maximum Gasteiger partial charge on any atom is 0.339 e. The fourth-order valence-electron chi connectivity index (χ4n) is 1.27. The Kier molecular flexibility index (Phi) is 3.37. The van der Waals surface area contributed by atoms with Gasteiger partial charge in [0.25, 0.3) is 0 Å². The van der Waals surface area contributed by atoms with Gasteiger partial charge in [0.15, 0.2) is 0 Å². The summed E-state index contributed by atoms with van der Waals surface area (Å²) in [6.45, 7) is 7.28. The number of halogens is 1. The summed E-state index contributed by atoms with van der Waals surface area (Å²) in [5.41, 5.74) is 0.267. The lowest BCUT2D eigenvalue weighted by molar-refractivity contribution is 0.0694. The molecular weight excluding hydrogens is 227 g/mol. The molecule has 0 spiro atoms. The molecule has 0 saturated heterocycles. The van der Waals surface area contributed by atoms with Crippen molar-refractivity contribution in [3.63, 3.8) is 0 Å². The average Bonchev–Trinajstić information content (AvgIpc) is 2.10. The zero-order valence-corrected chi connectivity index (χ0v) is 10.8. The van der Waals surface area contributed by atoms with E-state index in [-0.39, 0.29) is 16.9 Å². The van der Waals surface area contributed by atoms with E-state index in [1.165, 1.54) is 13.0 Å². The molecule has 0 heterocycles. The van der Waals surface area contributed by atoms with Crippen LogP contribution in [0.5, 0.6) is 5.75 Å². The van der Waals surface area contributed by atoms with Gasteiger partial charge in [-0.15, -0.1) is 0 Å². The van der Waals surface area contributed by atoms with E-state index in [0.717, 1.165) is 6.07 Å².